The molecule has 0 spiro atoms. The predicted octanol–water partition coefficient (Wildman–Crippen LogP) is 3.51. The molecule has 0 heterocycles. The Bertz CT molecular complexity index is 1260. The maximum absolute atomic E-state index is 14.0. The monoisotopic (exact) mass is 475 g/mol. The Morgan fingerprint density at radius 2 is 1.75 bits per heavy atom. The van der Waals surface area contributed by atoms with Gasteiger partial charge in [-0.1, -0.05) is 36.0 Å². The lowest BCUT2D eigenvalue weighted by Gasteiger charge is -2.11. The van der Waals surface area contributed by atoms with E-state index in [1.807, 2.05) is 0 Å². The summed E-state index contributed by atoms with van der Waals surface area (Å²) in [5.41, 5.74) is 0.557. The second kappa shape index (κ2) is 9.90. The number of non-ortho nitro benzene ring substituents is 1. The summed E-state index contributed by atoms with van der Waals surface area (Å²) in [6.45, 7) is 0.194. The van der Waals surface area contributed by atoms with Crippen LogP contribution in [0.15, 0.2) is 81.4 Å². The number of nitro benzene ring substituents is 1. The van der Waals surface area contributed by atoms with E-state index >= 15 is 0 Å². The molecule has 0 aromatic heterocycles. The fraction of sp³-hybridized carbons (Fsp3) is 0.0952. The number of nitrogens with one attached hydrogen (secondary N) is 1. The normalized spacial score (nSPS) is 11.2. The molecule has 0 aliphatic rings. The van der Waals surface area contributed by atoms with Crippen LogP contribution < -0.4 is 10.5 Å². The number of sulfonamides is 1. The Kier molecular flexibility index (Phi) is 7.23. The Labute approximate surface area is 187 Å². The van der Waals surface area contributed by atoms with Crippen LogP contribution >= 0.6 is 11.8 Å². The van der Waals surface area contributed by atoms with Gasteiger partial charge in [-0.05, 0) is 42.3 Å². The summed E-state index contributed by atoms with van der Waals surface area (Å²) >= 11 is 0.996. The molecule has 3 rings (SSSR count). The van der Waals surface area contributed by atoms with Gasteiger partial charge in [-0.2, -0.15) is 0 Å². The molecule has 0 radical (unpaired) electrons. The van der Waals surface area contributed by atoms with E-state index in [1.54, 1.807) is 30.3 Å². The first-order valence-corrected chi connectivity index (χ1v) is 11.6. The highest BCUT2D eigenvalue weighted by Crippen LogP contribution is 2.34. The van der Waals surface area contributed by atoms with Crippen LogP contribution in [0, 0.1) is 15.9 Å². The Balaban J connectivity index is 1.75. The van der Waals surface area contributed by atoms with E-state index in [2.05, 4.69) is 5.32 Å². The van der Waals surface area contributed by atoms with E-state index in [4.69, 9.17) is 5.14 Å². The molecule has 0 atom stereocenters. The van der Waals surface area contributed by atoms with Gasteiger partial charge in [0.05, 0.1) is 15.4 Å². The van der Waals surface area contributed by atoms with Crippen molar-refractivity contribution in [2.24, 2.45) is 5.14 Å². The van der Waals surface area contributed by atoms with Crippen molar-refractivity contribution >= 4 is 33.4 Å². The number of benzene rings is 3. The van der Waals surface area contributed by atoms with E-state index in [1.165, 1.54) is 30.3 Å². The summed E-state index contributed by atoms with van der Waals surface area (Å²) in [6, 6.07) is 15.8. The van der Waals surface area contributed by atoms with Gasteiger partial charge in [0, 0.05) is 28.5 Å². The summed E-state index contributed by atoms with van der Waals surface area (Å²) in [6.07, 6.45) is 0.390. The number of nitro groups is 1. The number of amides is 1. The van der Waals surface area contributed by atoms with Crippen LogP contribution in [-0.2, 0) is 16.4 Å². The van der Waals surface area contributed by atoms with Crippen molar-refractivity contribution in [2.45, 2.75) is 21.1 Å². The molecule has 1 amide bonds. The van der Waals surface area contributed by atoms with E-state index in [9.17, 15) is 27.7 Å². The molecule has 3 N–H and O–H groups in total. The third kappa shape index (κ3) is 5.90. The first-order valence-electron chi connectivity index (χ1n) is 9.26. The summed E-state index contributed by atoms with van der Waals surface area (Å²) in [7, 11) is -3.79. The average Bonchev–Trinajstić information content (AvgIpc) is 2.75. The highest BCUT2D eigenvalue weighted by atomic mass is 32.2. The molecule has 0 aliphatic carbocycles. The van der Waals surface area contributed by atoms with Crippen molar-refractivity contribution in [3.8, 4) is 0 Å². The summed E-state index contributed by atoms with van der Waals surface area (Å²) in [4.78, 5) is 23.9. The van der Waals surface area contributed by atoms with Crippen molar-refractivity contribution in [2.75, 3.05) is 6.54 Å². The van der Waals surface area contributed by atoms with Crippen molar-refractivity contribution in [3.05, 3.63) is 93.8 Å². The number of rotatable bonds is 8. The number of primary sulfonamides is 1. The van der Waals surface area contributed by atoms with Crippen molar-refractivity contribution in [1.29, 1.82) is 0 Å². The van der Waals surface area contributed by atoms with Crippen molar-refractivity contribution in [3.63, 3.8) is 0 Å². The fourth-order valence-electron chi connectivity index (χ4n) is 2.81. The van der Waals surface area contributed by atoms with E-state index in [0.717, 1.165) is 23.4 Å². The zero-order chi connectivity index (χ0) is 23.3. The van der Waals surface area contributed by atoms with Crippen LogP contribution in [0.3, 0.4) is 0 Å². The smallest absolute Gasteiger partial charge is 0.270 e. The molecular weight excluding hydrogens is 457 g/mol. The van der Waals surface area contributed by atoms with Crippen LogP contribution in [0.25, 0.3) is 0 Å². The van der Waals surface area contributed by atoms with Crippen LogP contribution in [-0.4, -0.2) is 25.8 Å². The number of hydrogen-bond acceptors (Lipinski definition) is 6. The largest absolute Gasteiger partial charge is 0.352 e. The molecule has 0 saturated carbocycles. The summed E-state index contributed by atoms with van der Waals surface area (Å²) in [5.74, 6) is -1.01. The number of nitrogens with two attached hydrogens (primary N) is 1. The maximum Gasteiger partial charge on any atom is 0.270 e. The van der Waals surface area contributed by atoms with Gasteiger partial charge in [-0.25, -0.2) is 17.9 Å². The predicted molar refractivity (Wildman–Crippen MR) is 117 cm³/mol. The highest BCUT2D eigenvalue weighted by Gasteiger charge is 2.18. The minimum absolute atomic E-state index is 0.0170. The summed E-state index contributed by atoms with van der Waals surface area (Å²) < 4.78 is 36.7. The number of nitrogens with zero attached hydrogens (tertiary/aromatic N) is 1. The Morgan fingerprint density at radius 3 is 2.38 bits per heavy atom. The lowest BCUT2D eigenvalue weighted by atomic mass is 10.1. The topological polar surface area (TPSA) is 132 Å². The number of carbonyl (C=O) groups excluding carboxylic acids is 1. The summed E-state index contributed by atoms with van der Waals surface area (Å²) in [5, 5.41) is 18.9. The van der Waals surface area contributed by atoms with Crippen LogP contribution in [0.5, 0.6) is 0 Å². The lowest BCUT2D eigenvalue weighted by Crippen LogP contribution is -2.26. The first kappa shape index (κ1) is 23.4. The van der Waals surface area contributed by atoms with Gasteiger partial charge >= 0.3 is 0 Å². The van der Waals surface area contributed by atoms with Crippen molar-refractivity contribution < 1.29 is 22.5 Å². The minimum atomic E-state index is -3.79. The molecule has 166 valence electrons. The van der Waals surface area contributed by atoms with Gasteiger partial charge in [0.2, 0.25) is 10.0 Å². The van der Waals surface area contributed by atoms with Crippen LogP contribution in [0.2, 0.25) is 0 Å². The second-order valence-corrected chi connectivity index (χ2v) is 9.31. The molecule has 8 nitrogen and oxygen atoms in total. The zero-order valence-corrected chi connectivity index (χ0v) is 18.2. The maximum atomic E-state index is 14.0. The fourth-order valence-corrected chi connectivity index (χ4v) is 4.27. The first-order chi connectivity index (χ1) is 15.1. The van der Waals surface area contributed by atoms with Crippen molar-refractivity contribution in [1.82, 2.24) is 5.32 Å². The SMILES string of the molecule is NS(=O)(=O)c1ccc(CCNC(=O)c2cc([N+](=O)[O-])ccc2Sc2ccccc2F)cc1. The van der Waals surface area contributed by atoms with Gasteiger partial charge in [0.25, 0.3) is 11.6 Å². The van der Waals surface area contributed by atoms with E-state index < -0.39 is 26.7 Å². The molecule has 32 heavy (non-hydrogen) atoms. The minimum Gasteiger partial charge on any atom is -0.352 e. The highest BCUT2D eigenvalue weighted by molar-refractivity contribution is 7.99. The van der Waals surface area contributed by atoms with Gasteiger partial charge in [-0.15, -0.1) is 0 Å². The van der Waals surface area contributed by atoms with Gasteiger partial charge in [-0.3, -0.25) is 14.9 Å². The van der Waals surface area contributed by atoms with Gasteiger partial charge < -0.3 is 5.32 Å². The van der Waals surface area contributed by atoms with Gasteiger partial charge in [0.15, 0.2) is 0 Å². The molecule has 3 aromatic rings. The third-order valence-corrected chi connectivity index (χ3v) is 6.48. The zero-order valence-electron chi connectivity index (χ0n) is 16.5. The second-order valence-electron chi connectivity index (χ2n) is 6.66. The standard InChI is InChI=1S/C21H18FN3O5S2/c22-18-3-1-2-4-20(18)31-19-10-7-15(25(27)28)13-17(19)21(26)24-12-11-14-5-8-16(9-6-14)32(23,29)30/h1-10,13H,11-12H2,(H,24,26)(H2,23,29,30). The quantitative estimate of drug-likeness (QED) is 0.378. The third-order valence-electron chi connectivity index (χ3n) is 4.43. The molecule has 0 aliphatic heterocycles. The Morgan fingerprint density at radius 1 is 1.06 bits per heavy atom. The van der Waals surface area contributed by atoms with E-state index in [-0.39, 0.29) is 27.6 Å². The molecule has 0 bridgehead atoms. The molecule has 0 unspecified atom stereocenters. The number of halogens is 1. The van der Waals surface area contributed by atoms with E-state index in [0.29, 0.717) is 11.3 Å². The molecule has 0 fully saturated rings. The van der Waals surface area contributed by atoms with Gasteiger partial charge in [0.1, 0.15) is 5.82 Å². The number of hydrogen-bond donors (Lipinski definition) is 2. The van der Waals surface area contributed by atoms with Crippen LogP contribution in [0.4, 0.5) is 10.1 Å². The average molecular weight is 476 g/mol. The number of carbonyl (C=O) groups is 1. The molecule has 11 heteroatoms. The lowest BCUT2D eigenvalue weighted by molar-refractivity contribution is -0.384. The molecular formula is C21H18FN3O5S2. The molecule has 0 saturated heterocycles. The molecule has 3 aromatic carbocycles. The Hall–Kier alpha value is -3.28. The van der Waals surface area contributed by atoms with Crippen LogP contribution in [0.1, 0.15) is 15.9 Å².